The van der Waals surface area contributed by atoms with Crippen molar-refractivity contribution in [1.29, 1.82) is 0 Å². The Balaban J connectivity index is 1.99. The fraction of sp³-hybridized carbons (Fsp3) is 0.900. The summed E-state index contributed by atoms with van der Waals surface area (Å²) < 4.78 is 10.9. The van der Waals surface area contributed by atoms with Gasteiger partial charge in [0, 0.05) is 6.61 Å². The molecule has 0 unspecified atom stereocenters. The Hall–Kier alpha value is -0.460. The molecule has 0 radical (unpaired) electrons. The average molecular weight is 359 g/mol. The zero-order valence-corrected chi connectivity index (χ0v) is 15.8. The zero-order chi connectivity index (χ0) is 18.3. The van der Waals surface area contributed by atoms with Crippen LogP contribution >= 0.6 is 0 Å². The van der Waals surface area contributed by atoms with Crippen LogP contribution < -0.4 is 0 Å². The molecule has 0 saturated carbocycles. The standard InChI is InChI=1S/C20H38O5/c1-2-3-4-5-6-7-8-9-10-11-12-13-14-24-20-18(15-21)25-16-17(22)19(20)23/h9-10,17-23H,2-8,11-16H2,1H3/b10-9+/t17-,18+,19+,20+/m1/s1. The van der Waals surface area contributed by atoms with Gasteiger partial charge < -0.3 is 24.8 Å². The molecule has 1 heterocycles. The second-order valence-corrected chi connectivity index (χ2v) is 6.97. The molecule has 0 amide bonds. The van der Waals surface area contributed by atoms with Gasteiger partial charge >= 0.3 is 0 Å². The van der Waals surface area contributed by atoms with Crippen molar-refractivity contribution in [3.8, 4) is 0 Å². The summed E-state index contributed by atoms with van der Waals surface area (Å²) in [5, 5.41) is 28.8. The van der Waals surface area contributed by atoms with E-state index in [2.05, 4.69) is 19.1 Å². The van der Waals surface area contributed by atoms with Crippen molar-refractivity contribution < 1.29 is 24.8 Å². The molecular weight excluding hydrogens is 320 g/mol. The Morgan fingerprint density at radius 2 is 1.60 bits per heavy atom. The van der Waals surface area contributed by atoms with Gasteiger partial charge in [0.25, 0.3) is 0 Å². The highest BCUT2D eigenvalue weighted by Crippen LogP contribution is 2.19. The third kappa shape index (κ3) is 9.71. The third-order valence-corrected chi connectivity index (χ3v) is 4.72. The fourth-order valence-corrected chi connectivity index (χ4v) is 3.08. The van der Waals surface area contributed by atoms with E-state index in [0.717, 1.165) is 19.3 Å². The molecule has 1 rings (SSSR count). The van der Waals surface area contributed by atoms with E-state index in [1.54, 1.807) is 0 Å². The lowest BCUT2D eigenvalue weighted by Crippen LogP contribution is -2.55. The Bertz CT molecular complexity index is 332. The normalized spacial score (nSPS) is 27.2. The SMILES string of the molecule is CCCCCCCC/C=C/CCCCO[C@@H]1[C@@H](O)[C@H](O)CO[C@H]1CO. The molecule has 5 nitrogen and oxygen atoms in total. The highest BCUT2D eigenvalue weighted by Gasteiger charge is 2.39. The van der Waals surface area contributed by atoms with Gasteiger partial charge in [-0.1, -0.05) is 51.2 Å². The van der Waals surface area contributed by atoms with Crippen LogP contribution in [0.1, 0.15) is 71.1 Å². The number of hydrogen-bond donors (Lipinski definition) is 3. The fourth-order valence-electron chi connectivity index (χ4n) is 3.08. The molecule has 0 aliphatic carbocycles. The summed E-state index contributed by atoms with van der Waals surface area (Å²) in [6, 6.07) is 0. The number of allylic oxidation sites excluding steroid dienone is 2. The van der Waals surface area contributed by atoms with Crippen LogP contribution in [0, 0.1) is 0 Å². The second-order valence-electron chi connectivity index (χ2n) is 6.97. The predicted octanol–water partition coefficient (Wildman–Crippen LogP) is 2.96. The van der Waals surface area contributed by atoms with Gasteiger partial charge in [0.05, 0.1) is 13.2 Å². The van der Waals surface area contributed by atoms with Crippen LogP contribution in [0.5, 0.6) is 0 Å². The van der Waals surface area contributed by atoms with Gasteiger partial charge in [-0.25, -0.2) is 0 Å². The third-order valence-electron chi connectivity index (χ3n) is 4.72. The Labute approximate surface area is 153 Å². The molecule has 3 N–H and O–H groups in total. The van der Waals surface area contributed by atoms with Gasteiger partial charge in [-0.3, -0.25) is 0 Å². The van der Waals surface area contributed by atoms with Crippen LogP contribution in [0.2, 0.25) is 0 Å². The topological polar surface area (TPSA) is 79.2 Å². The van der Waals surface area contributed by atoms with Crippen molar-refractivity contribution in [3.63, 3.8) is 0 Å². The minimum absolute atomic E-state index is 0.0374. The lowest BCUT2D eigenvalue weighted by atomic mass is 10.0. The van der Waals surface area contributed by atoms with Crippen molar-refractivity contribution in [3.05, 3.63) is 12.2 Å². The van der Waals surface area contributed by atoms with E-state index in [1.807, 2.05) is 0 Å². The number of aliphatic hydroxyl groups is 3. The summed E-state index contributed by atoms with van der Waals surface area (Å²) in [5.74, 6) is 0. The Morgan fingerprint density at radius 1 is 0.960 bits per heavy atom. The van der Waals surface area contributed by atoms with Gasteiger partial charge in [-0.2, -0.15) is 0 Å². The Kier molecular flexibility index (Phi) is 13.3. The molecule has 1 aliphatic rings. The number of ether oxygens (including phenoxy) is 2. The summed E-state index contributed by atoms with van der Waals surface area (Å²) in [7, 11) is 0. The van der Waals surface area contributed by atoms with Gasteiger partial charge in [-0.15, -0.1) is 0 Å². The van der Waals surface area contributed by atoms with Crippen LogP contribution in [-0.2, 0) is 9.47 Å². The molecule has 1 aliphatic heterocycles. The first-order valence-corrected chi connectivity index (χ1v) is 10.1. The van der Waals surface area contributed by atoms with E-state index in [4.69, 9.17) is 9.47 Å². The first-order valence-electron chi connectivity index (χ1n) is 10.1. The van der Waals surface area contributed by atoms with E-state index in [-0.39, 0.29) is 13.2 Å². The van der Waals surface area contributed by atoms with Gasteiger partial charge in [0.1, 0.15) is 24.4 Å². The monoisotopic (exact) mass is 358 g/mol. The number of aliphatic hydroxyl groups excluding tert-OH is 3. The number of unbranched alkanes of at least 4 members (excludes halogenated alkanes) is 8. The quantitative estimate of drug-likeness (QED) is 0.329. The van der Waals surface area contributed by atoms with E-state index in [1.165, 1.54) is 44.9 Å². The summed E-state index contributed by atoms with van der Waals surface area (Å²) in [5.41, 5.74) is 0. The number of rotatable bonds is 14. The largest absolute Gasteiger partial charge is 0.394 e. The molecule has 25 heavy (non-hydrogen) atoms. The lowest BCUT2D eigenvalue weighted by Gasteiger charge is -2.37. The second kappa shape index (κ2) is 14.7. The van der Waals surface area contributed by atoms with E-state index in [9.17, 15) is 15.3 Å². The molecule has 1 saturated heterocycles. The van der Waals surface area contributed by atoms with E-state index in [0.29, 0.717) is 6.61 Å². The molecular formula is C20H38O5. The summed E-state index contributed by atoms with van der Waals surface area (Å²) >= 11 is 0. The summed E-state index contributed by atoms with van der Waals surface area (Å²) in [4.78, 5) is 0. The first-order chi connectivity index (χ1) is 12.2. The Morgan fingerprint density at radius 3 is 2.28 bits per heavy atom. The highest BCUT2D eigenvalue weighted by atomic mass is 16.6. The van der Waals surface area contributed by atoms with Gasteiger partial charge in [-0.05, 0) is 32.1 Å². The summed E-state index contributed by atoms with van der Waals surface area (Å²) in [6.07, 6.45) is 13.5. The van der Waals surface area contributed by atoms with Crippen LogP contribution in [-0.4, -0.2) is 59.6 Å². The van der Waals surface area contributed by atoms with Crippen molar-refractivity contribution >= 4 is 0 Å². The van der Waals surface area contributed by atoms with Crippen molar-refractivity contribution in [2.75, 3.05) is 19.8 Å². The molecule has 0 aromatic carbocycles. The highest BCUT2D eigenvalue weighted by molar-refractivity contribution is 4.87. The van der Waals surface area contributed by atoms with Crippen LogP contribution in [0.15, 0.2) is 12.2 Å². The molecule has 1 fully saturated rings. The van der Waals surface area contributed by atoms with Crippen LogP contribution in [0.4, 0.5) is 0 Å². The molecule has 0 bridgehead atoms. The van der Waals surface area contributed by atoms with Crippen molar-refractivity contribution in [1.82, 2.24) is 0 Å². The van der Waals surface area contributed by atoms with Gasteiger partial charge in [0.2, 0.25) is 0 Å². The van der Waals surface area contributed by atoms with Crippen molar-refractivity contribution in [2.24, 2.45) is 0 Å². The lowest BCUT2D eigenvalue weighted by molar-refractivity contribution is -0.211. The molecule has 0 aromatic heterocycles. The molecule has 4 atom stereocenters. The maximum Gasteiger partial charge on any atom is 0.114 e. The maximum absolute atomic E-state index is 9.95. The predicted molar refractivity (Wildman–Crippen MR) is 99.6 cm³/mol. The number of hydrogen-bond acceptors (Lipinski definition) is 5. The smallest absolute Gasteiger partial charge is 0.114 e. The van der Waals surface area contributed by atoms with Crippen LogP contribution in [0.25, 0.3) is 0 Å². The molecule has 148 valence electrons. The first kappa shape index (κ1) is 22.6. The minimum Gasteiger partial charge on any atom is -0.394 e. The van der Waals surface area contributed by atoms with E-state index < -0.39 is 24.4 Å². The van der Waals surface area contributed by atoms with E-state index >= 15 is 0 Å². The minimum atomic E-state index is -0.997. The summed E-state index contributed by atoms with van der Waals surface area (Å²) in [6.45, 7) is 2.57. The average Bonchev–Trinajstić information content (AvgIpc) is 2.62. The molecule has 5 heteroatoms. The zero-order valence-electron chi connectivity index (χ0n) is 15.8. The molecule has 0 aromatic rings. The van der Waals surface area contributed by atoms with Crippen molar-refractivity contribution in [2.45, 2.75) is 95.5 Å². The molecule has 0 spiro atoms. The van der Waals surface area contributed by atoms with Gasteiger partial charge in [0.15, 0.2) is 0 Å². The maximum atomic E-state index is 9.95. The van der Waals surface area contributed by atoms with Crippen LogP contribution in [0.3, 0.4) is 0 Å².